The lowest BCUT2D eigenvalue weighted by Crippen LogP contribution is -2.40. The summed E-state index contributed by atoms with van der Waals surface area (Å²) < 4.78 is 16.7. The third kappa shape index (κ3) is 15.9. The van der Waals surface area contributed by atoms with Crippen molar-refractivity contribution in [3.8, 4) is 0 Å². The van der Waals surface area contributed by atoms with Crippen molar-refractivity contribution in [2.24, 2.45) is 0 Å². The summed E-state index contributed by atoms with van der Waals surface area (Å²) in [4.78, 5) is 59.1. The number of carbonyl (C=O) groups is 4. The maximum absolute atomic E-state index is 12.1. The van der Waals surface area contributed by atoms with Gasteiger partial charge in [0, 0.05) is 19.0 Å². The number of rotatable bonds is 14. The molecule has 0 aliphatic rings. The zero-order chi connectivity index (χ0) is 22.6. The van der Waals surface area contributed by atoms with Crippen LogP contribution in [0.2, 0.25) is 0 Å². The lowest BCUT2D eigenvalue weighted by atomic mass is 10.3. The SMILES string of the molecule is O=COC(Br)CCCN(OC(=O)NCCCCF)C(=O)OOC(=O)NCCCCCl. The molecule has 2 N–H and O–H groups in total. The van der Waals surface area contributed by atoms with E-state index in [1.807, 2.05) is 0 Å². The number of alkyl halides is 3. The molecule has 0 fully saturated rings. The first kappa shape index (κ1) is 28.0. The van der Waals surface area contributed by atoms with Crippen LogP contribution in [0.15, 0.2) is 0 Å². The van der Waals surface area contributed by atoms with Gasteiger partial charge in [0.25, 0.3) is 6.47 Å². The van der Waals surface area contributed by atoms with Gasteiger partial charge < -0.3 is 20.2 Å². The van der Waals surface area contributed by atoms with Gasteiger partial charge in [0.15, 0.2) is 5.01 Å². The summed E-state index contributed by atoms with van der Waals surface area (Å²) in [5.41, 5.74) is 0. The highest BCUT2D eigenvalue weighted by atomic mass is 79.9. The number of nitrogens with zero attached hydrogens (tertiary/aromatic N) is 1. The topological polar surface area (TPSA) is 132 Å². The van der Waals surface area contributed by atoms with Gasteiger partial charge in [-0.05, 0) is 54.5 Å². The zero-order valence-electron chi connectivity index (χ0n) is 16.3. The summed E-state index contributed by atoms with van der Waals surface area (Å²) >= 11 is 8.60. The van der Waals surface area contributed by atoms with Crippen molar-refractivity contribution in [1.82, 2.24) is 15.7 Å². The molecular weight excluding hydrogens is 497 g/mol. The van der Waals surface area contributed by atoms with E-state index < -0.39 is 30.0 Å². The van der Waals surface area contributed by atoms with Crippen molar-refractivity contribution in [3.05, 3.63) is 0 Å². The second-order valence-corrected chi connectivity index (χ2v) is 7.03. The largest absolute Gasteiger partial charge is 0.485 e. The van der Waals surface area contributed by atoms with Gasteiger partial charge in [-0.3, -0.25) is 9.18 Å². The zero-order valence-corrected chi connectivity index (χ0v) is 18.6. The van der Waals surface area contributed by atoms with E-state index in [-0.39, 0.29) is 45.4 Å². The molecule has 30 heavy (non-hydrogen) atoms. The average molecular weight is 523 g/mol. The van der Waals surface area contributed by atoms with Crippen LogP contribution >= 0.6 is 27.5 Å². The van der Waals surface area contributed by atoms with E-state index in [4.69, 9.17) is 16.4 Å². The Balaban J connectivity index is 4.52. The first-order chi connectivity index (χ1) is 14.4. The highest BCUT2D eigenvalue weighted by Crippen LogP contribution is 2.10. The maximum atomic E-state index is 12.1. The molecule has 0 heterocycles. The lowest BCUT2D eigenvalue weighted by Gasteiger charge is -2.20. The lowest BCUT2D eigenvalue weighted by molar-refractivity contribution is -0.213. The molecule has 0 aromatic carbocycles. The number of hydrogen-bond acceptors (Lipinski definition) is 8. The number of amides is 3. The number of hydroxylamine groups is 2. The third-order valence-corrected chi connectivity index (χ3v) is 4.18. The van der Waals surface area contributed by atoms with Crippen LogP contribution in [0.4, 0.5) is 18.8 Å². The standard InChI is InChI=1S/C16H26BrClFN3O8/c17-13(27-12-23)6-5-11-22(28-14(24)20-10-4-2-8-19)16(26)30-29-15(25)21-9-3-1-7-18/h12-13H,1-11H2,(H,20,24)(H,21,25). The first-order valence-corrected chi connectivity index (χ1v) is 10.6. The van der Waals surface area contributed by atoms with Gasteiger partial charge >= 0.3 is 18.3 Å². The molecule has 11 nitrogen and oxygen atoms in total. The minimum absolute atomic E-state index is 0.142. The number of halogens is 3. The first-order valence-electron chi connectivity index (χ1n) is 9.19. The molecule has 0 aliphatic heterocycles. The van der Waals surface area contributed by atoms with E-state index in [0.29, 0.717) is 30.2 Å². The molecule has 14 heteroatoms. The quantitative estimate of drug-likeness (QED) is 0.117. The van der Waals surface area contributed by atoms with Gasteiger partial charge in [0.2, 0.25) is 0 Å². The Kier molecular flexibility index (Phi) is 17.7. The molecule has 0 aliphatic carbocycles. The van der Waals surface area contributed by atoms with E-state index >= 15 is 0 Å². The number of unbranched alkanes of at least 4 members (excludes halogenated alkanes) is 2. The van der Waals surface area contributed by atoms with Gasteiger partial charge in [-0.1, -0.05) is 0 Å². The highest BCUT2D eigenvalue weighted by molar-refractivity contribution is 9.09. The fourth-order valence-corrected chi connectivity index (χ4v) is 2.40. The monoisotopic (exact) mass is 521 g/mol. The molecule has 0 saturated carbocycles. The maximum Gasteiger partial charge on any atom is 0.485 e. The van der Waals surface area contributed by atoms with Gasteiger partial charge in [0.1, 0.15) is 0 Å². The van der Waals surface area contributed by atoms with Crippen LogP contribution < -0.4 is 10.6 Å². The smallest absolute Gasteiger partial charge is 0.453 e. The van der Waals surface area contributed by atoms with E-state index in [1.54, 1.807) is 0 Å². The Labute approximate surface area is 186 Å². The van der Waals surface area contributed by atoms with Crippen LogP contribution in [-0.4, -0.2) is 67.0 Å². The van der Waals surface area contributed by atoms with Crippen molar-refractivity contribution >= 4 is 52.3 Å². The number of hydrogen-bond donors (Lipinski definition) is 2. The van der Waals surface area contributed by atoms with Crippen LogP contribution in [0.5, 0.6) is 0 Å². The van der Waals surface area contributed by atoms with E-state index in [2.05, 4.69) is 41.1 Å². The molecule has 0 radical (unpaired) electrons. The van der Waals surface area contributed by atoms with Crippen molar-refractivity contribution in [3.63, 3.8) is 0 Å². The minimum atomic E-state index is -1.26. The normalized spacial score (nSPS) is 11.0. The van der Waals surface area contributed by atoms with E-state index in [9.17, 15) is 23.6 Å². The van der Waals surface area contributed by atoms with Crippen molar-refractivity contribution in [2.75, 3.05) is 32.2 Å². The summed E-state index contributed by atoms with van der Waals surface area (Å²) in [5, 5.41) is 4.62. The molecule has 0 aromatic heterocycles. The third-order valence-electron chi connectivity index (χ3n) is 3.24. The average Bonchev–Trinajstić information content (AvgIpc) is 2.72. The number of ether oxygens (including phenoxy) is 1. The summed E-state index contributed by atoms with van der Waals surface area (Å²) in [6, 6.07) is 0. The second kappa shape index (κ2) is 19.0. The molecule has 0 spiro atoms. The molecule has 3 amide bonds. The minimum Gasteiger partial charge on any atom is -0.453 e. The van der Waals surface area contributed by atoms with E-state index in [1.165, 1.54) is 0 Å². The molecule has 0 saturated heterocycles. The molecular formula is C16H26BrClFN3O8. The fourth-order valence-electron chi connectivity index (χ4n) is 1.79. The van der Waals surface area contributed by atoms with Gasteiger partial charge in [-0.2, -0.15) is 0 Å². The molecule has 0 bridgehead atoms. The van der Waals surface area contributed by atoms with E-state index in [0.717, 1.165) is 0 Å². The Morgan fingerprint density at radius 1 is 1.03 bits per heavy atom. The molecule has 174 valence electrons. The second-order valence-electron chi connectivity index (χ2n) is 5.63. The number of nitrogens with one attached hydrogen (secondary N) is 2. The summed E-state index contributed by atoms with van der Waals surface area (Å²) in [5.74, 6) is 0.445. The predicted octanol–water partition coefficient (Wildman–Crippen LogP) is 3.15. The van der Waals surface area contributed by atoms with Gasteiger partial charge in [-0.25, -0.2) is 24.2 Å². The summed E-state index contributed by atoms with van der Waals surface area (Å²) in [7, 11) is 0. The van der Waals surface area contributed by atoms with Crippen LogP contribution in [0.25, 0.3) is 0 Å². The summed E-state index contributed by atoms with van der Waals surface area (Å²) in [6.07, 6.45) is -0.769. The van der Waals surface area contributed by atoms with Crippen molar-refractivity contribution in [2.45, 2.75) is 43.5 Å². The predicted molar refractivity (Wildman–Crippen MR) is 106 cm³/mol. The Morgan fingerprint density at radius 2 is 1.70 bits per heavy atom. The Bertz CT molecular complexity index is 521. The van der Waals surface area contributed by atoms with Gasteiger partial charge in [-0.15, -0.1) is 16.7 Å². The summed E-state index contributed by atoms with van der Waals surface area (Å²) in [6.45, 7) is 0.00265. The molecule has 0 aromatic rings. The Hall–Kier alpha value is -2.02. The van der Waals surface area contributed by atoms with Crippen molar-refractivity contribution < 1.29 is 42.9 Å². The van der Waals surface area contributed by atoms with Crippen molar-refractivity contribution in [1.29, 1.82) is 0 Å². The number of carbonyl (C=O) groups excluding carboxylic acids is 4. The molecule has 1 unspecified atom stereocenters. The van der Waals surface area contributed by atoms with Crippen LogP contribution in [0.1, 0.15) is 38.5 Å². The van der Waals surface area contributed by atoms with Gasteiger partial charge in [0.05, 0.1) is 13.2 Å². The van der Waals surface area contributed by atoms with Crippen LogP contribution in [0.3, 0.4) is 0 Å². The highest BCUT2D eigenvalue weighted by Gasteiger charge is 2.23. The Morgan fingerprint density at radius 3 is 2.33 bits per heavy atom. The molecule has 1 atom stereocenters. The fraction of sp³-hybridized carbons (Fsp3) is 0.750. The molecule has 0 rings (SSSR count). The van der Waals surface area contributed by atoms with Crippen LogP contribution in [-0.2, 0) is 24.1 Å². The van der Waals surface area contributed by atoms with Crippen LogP contribution in [0, 0.1) is 0 Å².